The van der Waals surface area contributed by atoms with E-state index < -0.39 is 0 Å². The highest BCUT2D eigenvalue weighted by Gasteiger charge is 2.22. The normalized spacial score (nSPS) is 14.6. The fourth-order valence-corrected chi connectivity index (χ4v) is 3.10. The van der Waals surface area contributed by atoms with Crippen LogP contribution in [0.5, 0.6) is 0 Å². The van der Waals surface area contributed by atoms with Crippen molar-refractivity contribution in [1.29, 1.82) is 0 Å². The lowest BCUT2D eigenvalue weighted by atomic mass is 10.1. The molecule has 0 spiro atoms. The average molecular weight is 364 g/mol. The maximum absolute atomic E-state index is 12.6. The minimum Gasteiger partial charge on any atom is -0.388 e. The molecule has 0 atom stereocenters. The highest BCUT2D eigenvalue weighted by Crippen LogP contribution is 2.28. The Balaban J connectivity index is 1.63. The summed E-state index contributed by atoms with van der Waals surface area (Å²) in [7, 11) is 1.86. The Bertz CT molecular complexity index is 726. The van der Waals surface area contributed by atoms with Crippen LogP contribution in [0, 0.1) is 0 Å². The van der Waals surface area contributed by atoms with E-state index in [9.17, 15) is 4.79 Å². The molecule has 0 radical (unpaired) electrons. The van der Waals surface area contributed by atoms with Crippen LogP contribution >= 0.6 is 23.2 Å². The Morgan fingerprint density at radius 2 is 1.62 bits per heavy atom. The minimum absolute atomic E-state index is 0.0754. The number of benzene rings is 2. The van der Waals surface area contributed by atoms with Gasteiger partial charge in [0, 0.05) is 50.2 Å². The first-order valence-corrected chi connectivity index (χ1v) is 8.61. The molecule has 1 saturated heterocycles. The van der Waals surface area contributed by atoms with Crippen LogP contribution in [0.1, 0.15) is 10.4 Å². The highest BCUT2D eigenvalue weighted by atomic mass is 35.5. The summed E-state index contributed by atoms with van der Waals surface area (Å²) in [6.45, 7) is 2.93. The van der Waals surface area contributed by atoms with Crippen LogP contribution in [0.25, 0.3) is 0 Å². The van der Waals surface area contributed by atoms with Gasteiger partial charge in [-0.1, -0.05) is 23.2 Å². The zero-order valence-corrected chi connectivity index (χ0v) is 14.9. The van der Waals surface area contributed by atoms with Gasteiger partial charge < -0.3 is 15.1 Å². The average Bonchev–Trinajstić information content (AvgIpc) is 2.63. The molecule has 1 fully saturated rings. The molecule has 0 aromatic heterocycles. The number of rotatable bonds is 3. The van der Waals surface area contributed by atoms with Crippen molar-refractivity contribution in [3.8, 4) is 0 Å². The lowest BCUT2D eigenvalue weighted by molar-refractivity contribution is 0.0747. The number of nitrogens with one attached hydrogen (secondary N) is 1. The van der Waals surface area contributed by atoms with Crippen LogP contribution in [0.4, 0.5) is 11.4 Å². The van der Waals surface area contributed by atoms with Crippen molar-refractivity contribution >= 4 is 40.5 Å². The number of amides is 1. The predicted molar refractivity (Wildman–Crippen MR) is 101 cm³/mol. The summed E-state index contributed by atoms with van der Waals surface area (Å²) >= 11 is 12.1. The van der Waals surface area contributed by atoms with Crippen molar-refractivity contribution in [1.82, 2.24) is 4.90 Å². The Morgan fingerprint density at radius 1 is 0.958 bits per heavy atom. The molecular weight excluding hydrogens is 345 g/mol. The first-order chi connectivity index (χ1) is 11.6. The molecule has 24 heavy (non-hydrogen) atoms. The topological polar surface area (TPSA) is 35.6 Å². The van der Waals surface area contributed by atoms with E-state index >= 15 is 0 Å². The lowest BCUT2D eigenvalue weighted by Gasteiger charge is -2.36. The van der Waals surface area contributed by atoms with Crippen LogP contribution in [-0.4, -0.2) is 44.0 Å². The van der Waals surface area contributed by atoms with E-state index in [0.29, 0.717) is 23.1 Å². The molecule has 2 aromatic carbocycles. The Morgan fingerprint density at radius 3 is 2.21 bits per heavy atom. The number of anilines is 2. The molecule has 3 rings (SSSR count). The van der Waals surface area contributed by atoms with Crippen molar-refractivity contribution in [2.75, 3.05) is 43.4 Å². The Hall–Kier alpha value is -1.91. The van der Waals surface area contributed by atoms with Gasteiger partial charge in [0.15, 0.2) is 0 Å². The third-order valence-electron chi connectivity index (χ3n) is 4.26. The maximum Gasteiger partial charge on any atom is 0.253 e. The zero-order valence-electron chi connectivity index (χ0n) is 13.4. The summed E-state index contributed by atoms with van der Waals surface area (Å²) in [6, 6.07) is 13.2. The third-order valence-corrected chi connectivity index (χ3v) is 4.99. The van der Waals surface area contributed by atoms with Gasteiger partial charge in [-0.15, -0.1) is 0 Å². The van der Waals surface area contributed by atoms with Crippen molar-refractivity contribution in [2.45, 2.75) is 0 Å². The first-order valence-electron chi connectivity index (χ1n) is 7.85. The van der Waals surface area contributed by atoms with Gasteiger partial charge in [-0.25, -0.2) is 0 Å². The van der Waals surface area contributed by atoms with Crippen molar-refractivity contribution in [2.24, 2.45) is 0 Å². The van der Waals surface area contributed by atoms with Crippen LogP contribution in [0.2, 0.25) is 10.0 Å². The minimum atomic E-state index is 0.0754. The summed E-state index contributed by atoms with van der Waals surface area (Å²) in [6.07, 6.45) is 0. The number of nitrogens with zero attached hydrogens (tertiary/aromatic N) is 2. The summed E-state index contributed by atoms with van der Waals surface area (Å²) < 4.78 is 0. The monoisotopic (exact) mass is 363 g/mol. The molecule has 4 nitrogen and oxygen atoms in total. The largest absolute Gasteiger partial charge is 0.388 e. The van der Waals surface area contributed by atoms with Gasteiger partial charge in [0.1, 0.15) is 0 Å². The molecule has 1 N–H and O–H groups in total. The fraction of sp³-hybridized carbons (Fsp3) is 0.278. The lowest BCUT2D eigenvalue weighted by Crippen LogP contribution is -2.48. The number of hydrogen-bond acceptors (Lipinski definition) is 3. The molecule has 1 aliphatic heterocycles. The van der Waals surface area contributed by atoms with E-state index in [1.165, 1.54) is 0 Å². The van der Waals surface area contributed by atoms with Gasteiger partial charge in [-0.3, -0.25) is 4.79 Å². The molecular formula is C18H19Cl2N3O. The summed E-state index contributed by atoms with van der Waals surface area (Å²) in [5.41, 5.74) is 2.75. The van der Waals surface area contributed by atoms with Gasteiger partial charge in [-0.2, -0.15) is 0 Å². The molecule has 0 bridgehead atoms. The zero-order chi connectivity index (χ0) is 17.1. The van der Waals surface area contributed by atoms with E-state index in [0.717, 1.165) is 30.0 Å². The number of halogens is 2. The van der Waals surface area contributed by atoms with Crippen LogP contribution < -0.4 is 10.2 Å². The molecule has 0 aliphatic carbocycles. The molecule has 2 aromatic rings. The standard InChI is InChI=1S/C18H19Cl2N3O/c1-21-14-4-2-13(3-5-14)18(24)23-10-8-22(9-11-23)15-6-7-16(19)17(20)12-15/h2-7,12,21H,8-11H2,1H3. The predicted octanol–water partition coefficient (Wildman–Crippen LogP) is 4.00. The van der Waals surface area contributed by atoms with Crippen LogP contribution in [0.3, 0.4) is 0 Å². The molecule has 0 unspecified atom stereocenters. The second kappa shape index (κ2) is 7.32. The second-order valence-corrected chi connectivity index (χ2v) is 6.52. The number of carbonyl (C=O) groups excluding carboxylic acids is 1. The summed E-state index contributed by atoms with van der Waals surface area (Å²) in [5.74, 6) is 0.0754. The second-order valence-electron chi connectivity index (χ2n) is 5.71. The smallest absolute Gasteiger partial charge is 0.253 e. The number of hydrogen-bond donors (Lipinski definition) is 1. The van der Waals surface area contributed by atoms with E-state index in [4.69, 9.17) is 23.2 Å². The van der Waals surface area contributed by atoms with Crippen molar-refractivity contribution < 1.29 is 4.79 Å². The van der Waals surface area contributed by atoms with Crippen molar-refractivity contribution in [3.05, 3.63) is 58.1 Å². The van der Waals surface area contributed by atoms with Gasteiger partial charge in [0.2, 0.25) is 0 Å². The van der Waals surface area contributed by atoms with Crippen LogP contribution in [-0.2, 0) is 0 Å². The number of carbonyl (C=O) groups is 1. The molecule has 1 aliphatic rings. The fourth-order valence-electron chi connectivity index (χ4n) is 2.81. The quantitative estimate of drug-likeness (QED) is 0.894. The summed E-state index contributed by atoms with van der Waals surface area (Å²) in [4.78, 5) is 16.7. The van der Waals surface area contributed by atoms with E-state index in [1.807, 2.05) is 48.3 Å². The Kier molecular flexibility index (Phi) is 5.17. The van der Waals surface area contributed by atoms with Crippen LogP contribution in [0.15, 0.2) is 42.5 Å². The SMILES string of the molecule is CNc1ccc(C(=O)N2CCN(c3ccc(Cl)c(Cl)c3)CC2)cc1. The van der Waals surface area contributed by atoms with E-state index in [-0.39, 0.29) is 5.91 Å². The molecule has 126 valence electrons. The number of piperazine rings is 1. The van der Waals surface area contributed by atoms with Gasteiger partial charge in [-0.05, 0) is 42.5 Å². The van der Waals surface area contributed by atoms with E-state index in [1.54, 1.807) is 6.07 Å². The first kappa shape index (κ1) is 16.9. The molecule has 1 heterocycles. The highest BCUT2D eigenvalue weighted by molar-refractivity contribution is 6.42. The van der Waals surface area contributed by atoms with Gasteiger partial charge >= 0.3 is 0 Å². The molecule has 6 heteroatoms. The Labute approximate surface area is 152 Å². The van der Waals surface area contributed by atoms with Gasteiger partial charge in [0.25, 0.3) is 5.91 Å². The maximum atomic E-state index is 12.6. The van der Waals surface area contributed by atoms with E-state index in [2.05, 4.69) is 10.2 Å². The van der Waals surface area contributed by atoms with Gasteiger partial charge in [0.05, 0.1) is 10.0 Å². The third kappa shape index (κ3) is 3.60. The molecule has 0 saturated carbocycles. The van der Waals surface area contributed by atoms with Crippen molar-refractivity contribution in [3.63, 3.8) is 0 Å². The summed E-state index contributed by atoms with van der Waals surface area (Å²) in [5, 5.41) is 4.16. The molecule has 1 amide bonds.